The molecule has 11 nitrogen and oxygen atoms in total. The molecule has 0 fully saturated rings. The van der Waals surface area contributed by atoms with Crippen molar-refractivity contribution in [1.82, 2.24) is 30.5 Å². The van der Waals surface area contributed by atoms with Gasteiger partial charge in [0.25, 0.3) is 5.91 Å². The van der Waals surface area contributed by atoms with Gasteiger partial charge in [-0.1, -0.05) is 18.2 Å². The van der Waals surface area contributed by atoms with Crippen LogP contribution in [0.2, 0.25) is 0 Å². The average molecular weight is 348 g/mol. The molecular weight excluding hydrogens is 332 g/mol. The molecule has 0 aliphatic carbocycles. The van der Waals surface area contributed by atoms with Gasteiger partial charge in [-0.05, 0) is 19.1 Å². The van der Waals surface area contributed by atoms with Crippen molar-refractivity contribution >= 4 is 18.0 Å². The Morgan fingerprint density at radius 3 is 2.56 bits per heavy atom. The second-order valence-electron chi connectivity index (χ2n) is 4.62. The van der Waals surface area contributed by atoms with E-state index in [1.54, 1.807) is 37.3 Å². The summed E-state index contributed by atoms with van der Waals surface area (Å²) >= 11 is 0. The molecule has 4 amide bonds. The molecule has 0 bridgehead atoms. The van der Waals surface area contributed by atoms with Crippen LogP contribution in [0.1, 0.15) is 6.92 Å². The predicted octanol–water partition coefficient (Wildman–Crippen LogP) is -0.479. The number of carbonyl (C=O) groups is 3. The molecule has 0 radical (unpaired) electrons. The van der Waals surface area contributed by atoms with E-state index in [-0.39, 0.29) is 6.61 Å². The Hall–Kier alpha value is -3.63. The number of aromatic nitrogens is 3. The molecule has 1 heterocycles. The molecular formula is C14H16N6O5. The van der Waals surface area contributed by atoms with Gasteiger partial charge in [-0.15, -0.1) is 0 Å². The summed E-state index contributed by atoms with van der Waals surface area (Å²) in [6.07, 6.45) is 0.332. The average Bonchev–Trinajstić information content (AvgIpc) is 2.95. The molecule has 2 rings (SSSR count). The number of urea groups is 1. The number of amides is 4. The highest BCUT2D eigenvalue weighted by Gasteiger charge is 2.12. The molecule has 0 aliphatic rings. The number of ether oxygens (including phenoxy) is 1. The largest absolute Gasteiger partial charge is 0.450 e. The lowest BCUT2D eigenvalue weighted by molar-refractivity contribution is -0.122. The number of hydrazine groups is 1. The van der Waals surface area contributed by atoms with Crippen LogP contribution < -0.4 is 21.9 Å². The summed E-state index contributed by atoms with van der Waals surface area (Å²) < 4.78 is 6.69. The maximum absolute atomic E-state index is 12.2. The Kier molecular flexibility index (Phi) is 5.87. The van der Waals surface area contributed by atoms with Crippen LogP contribution in [-0.2, 0) is 16.1 Å². The van der Waals surface area contributed by atoms with Crippen LogP contribution in [0.15, 0.2) is 41.5 Å². The maximum atomic E-state index is 12.2. The minimum atomic E-state index is -0.978. The van der Waals surface area contributed by atoms with Gasteiger partial charge < -0.3 is 4.74 Å². The molecule has 1 aromatic carbocycles. The number of hydrogen-bond donors (Lipinski definition) is 3. The Bertz CT molecular complexity index is 813. The highest BCUT2D eigenvalue weighted by molar-refractivity contribution is 5.91. The van der Waals surface area contributed by atoms with Gasteiger partial charge >= 0.3 is 17.8 Å². The number of rotatable bonds is 4. The van der Waals surface area contributed by atoms with E-state index in [9.17, 15) is 19.2 Å². The van der Waals surface area contributed by atoms with Crippen LogP contribution in [0.25, 0.3) is 5.69 Å². The summed E-state index contributed by atoms with van der Waals surface area (Å²) in [5, 5.41) is 5.66. The van der Waals surface area contributed by atoms with Gasteiger partial charge in [0.2, 0.25) is 0 Å². The lowest BCUT2D eigenvalue weighted by Crippen LogP contribution is -2.50. The summed E-state index contributed by atoms with van der Waals surface area (Å²) in [6.45, 7) is 1.25. The molecule has 3 N–H and O–H groups in total. The van der Waals surface area contributed by atoms with Crippen LogP contribution in [0, 0.1) is 0 Å². The number of nitrogens with zero attached hydrogens (tertiary/aromatic N) is 3. The third kappa shape index (κ3) is 4.92. The summed E-state index contributed by atoms with van der Waals surface area (Å²) in [6, 6.07) is 7.78. The summed E-state index contributed by atoms with van der Waals surface area (Å²) in [7, 11) is 0. The van der Waals surface area contributed by atoms with Gasteiger partial charge in [-0.2, -0.15) is 5.10 Å². The number of carbonyl (C=O) groups excluding carboxylic acids is 3. The summed E-state index contributed by atoms with van der Waals surface area (Å²) in [5.41, 5.74) is 4.07. The Labute approximate surface area is 141 Å². The van der Waals surface area contributed by atoms with E-state index in [4.69, 9.17) is 0 Å². The topological polar surface area (TPSA) is 136 Å². The maximum Gasteiger partial charge on any atom is 0.415 e. The van der Waals surface area contributed by atoms with Gasteiger partial charge in [0.05, 0.1) is 12.3 Å². The molecule has 0 saturated carbocycles. The molecule has 2 aromatic rings. The van der Waals surface area contributed by atoms with Gasteiger partial charge in [-0.3, -0.25) is 10.2 Å². The van der Waals surface area contributed by atoms with Crippen molar-refractivity contribution in [2.24, 2.45) is 0 Å². The minimum Gasteiger partial charge on any atom is -0.450 e. The van der Waals surface area contributed by atoms with Crippen molar-refractivity contribution < 1.29 is 19.1 Å². The van der Waals surface area contributed by atoms with Crippen LogP contribution in [0.5, 0.6) is 0 Å². The van der Waals surface area contributed by atoms with Gasteiger partial charge in [-0.25, -0.2) is 34.4 Å². The quantitative estimate of drug-likeness (QED) is 0.639. The van der Waals surface area contributed by atoms with E-state index in [1.165, 1.54) is 10.9 Å². The standard InChI is InChI=1S/C14H16N6O5/c1-2-25-13(23)16-12(22)18-17-11(21)8-20-14(24)19(9-15-20)10-6-4-3-5-7-10/h3-7,9H,2,8H2,1H3,(H,17,21)(H2,16,18,22,23). The van der Waals surface area contributed by atoms with E-state index >= 15 is 0 Å². The number of nitrogens with one attached hydrogen (secondary N) is 3. The minimum absolute atomic E-state index is 0.0957. The third-order valence-corrected chi connectivity index (χ3v) is 2.87. The molecule has 0 saturated heterocycles. The number of benzene rings is 1. The fourth-order valence-electron chi connectivity index (χ4n) is 1.80. The van der Waals surface area contributed by atoms with E-state index in [2.05, 4.69) is 9.84 Å². The monoisotopic (exact) mass is 348 g/mol. The molecule has 0 spiro atoms. The van der Waals surface area contributed by atoms with Crippen LogP contribution in [0.3, 0.4) is 0 Å². The van der Waals surface area contributed by atoms with Gasteiger partial charge in [0.15, 0.2) is 0 Å². The lowest BCUT2D eigenvalue weighted by atomic mass is 10.3. The molecule has 0 aliphatic heterocycles. The van der Waals surface area contributed by atoms with Crippen molar-refractivity contribution in [3.05, 3.63) is 47.1 Å². The third-order valence-electron chi connectivity index (χ3n) is 2.87. The number of para-hydroxylation sites is 1. The van der Waals surface area contributed by atoms with Crippen LogP contribution >= 0.6 is 0 Å². The SMILES string of the molecule is CCOC(=O)NC(=O)NNC(=O)Cn1ncn(-c2ccccc2)c1=O. The van der Waals surface area contributed by atoms with Crippen molar-refractivity contribution in [3.63, 3.8) is 0 Å². The number of imide groups is 1. The first-order valence-electron chi connectivity index (χ1n) is 7.23. The van der Waals surface area contributed by atoms with Gasteiger partial charge in [0.1, 0.15) is 12.9 Å². The number of alkyl carbamates (subject to hydrolysis) is 1. The van der Waals surface area contributed by atoms with E-state index in [0.29, 0.717) is 5.69 Å². The molecule has 1 aromatic heterocycles. The Balaban J connectivity index is 1.89. The van der Waals surface area contributed by atoms with E-state index in [0.717, 1.165) is 4.68 Å². The van der Waals surface area contributed by atoms with E-state index in [1.807, 2.05) is 16.2 Å². The first-order chi connectivity index (χ1) is 12.0. The van der Waals surface area contributed by atoms with Crippen molar-refractivity contribution in [1.29, 1.82) is 0 Å². The zero-order valence-electron chi connectivity index (χ0n) is 13.3. The lowest BCUT2D eigenvalue weighted by Gasteiger charge is -2.07. The van der Waals surface area contributed by atoms with Crippen molar-refractivity contribution in [2.75, 3.05) is 6.61 Å². The van der Waals surface area contributed by atoms with E-state index < -0.39 is 30.3 Å². The molecule has 0 atom stereocenters. The molecule has 25 heavy (non-hydrogen) atoms. The summed E-state index contributed by atoms with van der Waals surface area (Å²) in [4.78, 5) is 46.3. The Morgan fingerprint density at radius 2 is 1.88 bits per heavy atom. The predicted molar refractivity (Wildman–Crippen MR) is 84.7 cm³/mol. The highest BCUT2D eigenvalue weighted by Crippen LogP contribution is 2.02. The van der Waals surface area contributed by atoms with Crippen LogP contribution in [0.4, 0.5) is 9.59 Å². The normalized spacial score (nSPS) is 9.96. The van der Waals surface area contributed by atoms with Crippen molar-refractivity contribution in [2.45, 2.75) is 13.5 Å². The zero-order valence-corrected chi connectivity index (χ0v) is 13.3. The molecule has 132 valence electrons. The molecule has 11 heteroatoms. The highest BCUT2D eigenvalue weighted by atomic mass is 16.5. The fourth-order valence-corrected chi connectivity index (χ4v) is 1.80. The first kappa shape index (κ1) is 17.7. The smallest absolute Gasteiger partial charge is 0.415 e. The first-order valence-corrected chi connectivity index (χ1v) is 7.23. The second-order valence-corrected chi connectivity index (χ2v) is 4.62. The number of hydrogen-bond acceptors (Lipinski definition) is 6. The van der Waals surface area contributed by atoms with Crippen LogP contribution in [-0.4, -0.2) is 39.0 Å². The second kappa shape index (κ2) is 8.29. The molecule has 0 unspecified atom stereocenters. The van der Waals surface area contributed by atoms with Crippen molar-refractivity contribution in [3.8, 4) is 5.69 Å². The fraction of sp³-hybridized carbons (Fsp3) is 0.214. The Morgan fingerprint density at radius 1 is 1.16 bits per heavy atom. The van der Waals surface area contributed by atoms with Gasteiger partial charge in [0, 0.05) is 0 Å². The summed E-state index contributed by atoms with van der Waals surface area (Å²) in [5.74, 6) is -0.709. The zero-order chi connectivity index (χ0) is 18.2.